The summed E-state index contributed by atoms with van der Waals surface area (Å²) in [6, 6.07) is 0.353. The van der Waals surface area contributed by atoms with Crippen LogP contribution in [0.15, 0.2) is 0 Å². The van der Waals surface area contributed by atoms with E-state index in [1.165, 1.54) is 12.2 Å². The van der Waals surface area contributed by atoms with Gasteiger partial charge in [0.1, 0.15) is 0 Å². The quantitative estimate of drug-likeness (QED) is 0.758. The van der Waals surface area contributed by atoms with Gasteiger partial charge in [-0.15, -0.1) is 0 Å². The molecule has 2 unspecified atom stereocenters. The lowest BCUT2D eigenvalue weighted by Gasteiger charge is -2.28. The molecule has 0 spiro atoms. The molecule has 1 heterocycles. The number of thioether (sulfide) groups is 1. The molecule has 1 aliphatic heterocycles. The Labute approximate surface area is 85.6 Å². The SMILES string of the molecule is CC(C)CCSC1COCCC1N. The molecule has 1 fully saturated rings. The Kier molecular flexibility index (Phi) is 5.14. The lowest BCUT2D eigenvalue weighted by atomic mass is 10.1. The first-order valence-corrected chi connectivity index (χ1v) is 6.20. The molecule has 13 heavy (non-hydrogen) atoms. The maximum atomic E-state index is 6.00. The first-order chi connectivity index (χ1) is 6.20. The van der Waals surface area contributed by atoms with E-state index in [4.69, 9.17) is 10.5 Å². The molecule has 0 saturated carbocycles. The van der Waals surface area contributed by atoms with E-state index in [9.17, 15) is 0 Å². The third-order valence-electron chi connectivity index (χ3n) is 2.38. The Morgan fingerprint density at radius 2 is 2.31 bits per heavy atom. The minimum atomic E-state index is 0.353. The highest BCUT2D eigenvalue weighted by Gasteiger charge is 2.22. The standard InChI is InChI=1S/C10H21NOS/c1-8(2)4-6-13-10-7-12-5-3-9(10)11/h8-10H,3-7,11H2,1-2H3. The van der Waals surface area contributed by atoms with Crippen molar-refractivity contribution in [1.29, 1.82) is 0 Å². The zero-order chi connectivity index (χ0) is 9.68. The third kappa shape index (κ3) is 4.34. The van der Waals surface area contributed by atoms with Crippen molar-refractivity contribution in [3.8, 4) is 0 Å². The van der Waals surface area contributed by atoms with Crippen molar-refractivity contribution in [2.75, 3.05) is 19.0 Å². The van der Waals surface area contributed by atoms with Gasteiger partial charge in [0.2, 0.25) is 0 Å². The van der Waals surface area contributed by atoms with Gasteiger partial charge in [0, 0.05) is 17.9 Å². The van der Waals surface area contributed by atoms with E-state index in [0.29, 0.717) is 11.3 Å². The zero-order valence-corrected chi connectivity index (χ0v) is 9.48. The molecule has 0 amide bonds. The predicted octanol–water partition coefficient (Wildman–Crippen LogP) is 1.88. The number of hydrogen-bond donors (Lipinski definition) is 1. The number of ether oxygens (including phenoxy) is 1. The summed E-state index contributed by atoms with van der Waals surface area (Å²) < 4.78 is 5.41. The molecular formula is C10H21NOS. The summed E-state index contributed by atoms with van der Waals surface area (Å²) in [6.07, 6.45) is 2.31. The molecule has 3 heteroatoms. The Bertz CT molecular complexity index is 141. The molecule has 1 aliphatic rings. The van der Waals surface area contributed by atoms with Crippen LogP contribution in [0.2, 0.25) is 0 Å². The monoisotopic (exact) mass is 203 g/mol. The number of rotatable bonds is 4. The fourth-order valence-electron chi connectivity index (χ4n) is 1.36. The minimum Gasteiger partial charge on any atom is -0.380 e. The van der Waals surface area contributed by atoms with Gasteiger partial charge in [0.05, 0.1) is 6.61 Å². The van der Waals surface area contributed by atoms with Gasteiger partial charge in [-0.05, 0) is 24.5 Å². The van der Waals surface area contributed by atoms with Crippen LogP contribution in [0.25, 0.3) is 0 Å². The van der Waals surface area contributed by atoms with E-state index in [1.54, 1.807) is 0 Å². The highest BCUT2D eigenvalue weighted by molar-refractivity contribution is 8.00. The van der Waals surface area contributed by atoms with Gasteiger partial charge < -0.3 is 10.5 Å². The second-order valence-electron chi connectivity index (χ2n) is 4.12. The van der Waals surface area contributed by atoms with E-state index < -0.39 is 0 Å². The highest BCUT2D eigenvalue weighted by Crippen LogP contribution is 2.21. The smallest absolute Gasteiger partial charge is 0.0600 e. The van der Waals surface area contributed by atoms with E-state index in [2.05, 4.69) is 13.8 Å². The Morgan fingerprint density at radius 3 is 2.92 bits per heavy atom. The largest absolute Gasteiger partial charge is 0.380 e. The number of nitrogens with two attached hydrogens (primary N) is 1. The molecule has 2 nitrogen and oxygen atoms in total. The molecule has 0 radical (unpaired) electrons. The molecule has 0 aromatic carbocycles. The summed E-state index contributed by atoms with van der Waals surface area (Å²) in [5.74, 6) is 2.02. The summed E-state index contributed by atoms with van der Waals surface area (Å²) in [4.78, 5) is 0. The summed E-state index contributed by atoms with van der Waals surface area (Å²) >= 11 is 1.98. The molecule has 0 aromatic heterocycles. The van der Waals surface area contributed by atoms with Crippen LogP contribution in [0.4, 0.5) is 0 Å². The summed E-state index contributed by atoms with van der Waals surface area (Å²) in [7, 11) is 0. The Morgan fingerprint density at radius 1 is 1.54 bits per heavy atom. The second kappa shape index (κ2) is 5.89. The number of hydrogen-bond acceptors (Lipinski definition) is 3. The molecule has 1 rings (SSSR count). The van der Waals surface area contributed by atoms with Gasteiger partial charge in [-0.1, -0.05) is 13.8 Å². The molecule has 2 atom stereocenters. The van der Waals surface area contributed by atoms with Crippen LogP contribution in [0.5, 0.6) is 0 Å². The Hall–Kier alpha value is 0.270. The molecule has 78 valence electrons. The summed E-state index contributed by atoms with van der Waals surface area (Å²) in [6.45, 7) is 6.22. The molecule has 1 saturated heterocycles. The van der Waals surface area contributed by atoms with Gasteiger partial charge in [0.25, 0.3) is 0 Å². The molecule has 0 aromatic rings. The fourth-order valence-corrected chi connectivity index (χ4v) is 2.84. The van der Waals surface area contributed by atoms with Crippen LogP contribution in [0.1, 0.15) is 26.7 Å². The minimum absolute atomic E-state index is 0.353. The van der Waals surface area contributed by atoms with Gasteiger partial charge in [0.15, 0.2) is 0 Å². The van der Waals surface area contributed by atoms with Crippen molar-refractivity contribution >= 4 is 11.8 Å². The van der Waals surface area contributed by atoms with Gasteiger partial charge in [-0.3, -0.25) is 0 Å². The van der Waals surface area contributed by atoms with E-state index in [0.717, 1.165) is 25.6 Å². The first kappa shape index (κ1) is 11.3. The van der Waals surface area contributed by atoms with Crippen molar-refractivity contribution < 1.29 is 4.74 Å². The van der Waals surface area contributed by atoms with Crippen LogP contribution in [-0.4, -0.2) is 30.3 Å². The van der Waals surface area contributed by atoms with Crippen LogP contribution < -0.4 is 5.73 Å². The van der Waals surface area contributed by atoms with Crippen molar-refractivity contribution in [3.63, 3.8) is 0 Å². The lowest BCUT2D eigenvalue weighted by Crippen LogP contribution is -2.41. The normalized spacial score (nSPS) is 29.5. The second-order valence-corrected chi connectivity index (χ2v) is 5.47. The van der Waals surface area contributed by atoms with Crippen molar-refractivity contribution in [1.82, 2.24) is 0 Å². The summed E-state index contributed by atoms with van der Waals surface area (Å²) in [5.41, 5.74) is 6.00. The summed E-state index contributed by atoms with van der Waals surface area (Å²) in [5, 5.41) is 0.535. The zero-order valence-electron chi connectivity index (χ0n) is 8.66. The van der Waals surface area contributed by atoms with Gasteiger partial charge in [-0.25, -0.2) is 0 Å². The van der Waals surface area contributed by atoms with Crippen molar-refractivity contribution in [2.45, 2.75) is 38.0 Å². The van der Waals surface area contributed by atoms with Crippen molar-refractivity contribution in [2.24, 2.45) is 11.7 Å². The first-order valence-electron chi connectivity index (χ1n) is 5.15. The molecule has 2 N–H and O–H groups in total. The van der Waals surface area contributed by atoms with Crippen molar-refractivity contribution in [3.05, 3.63) is 0 Å². The van der Waals surface area contributed by atoms with Crippen LogP contribution in [0.3, 0.4) is 0 Å². The maximum Gasteiger partial charge on any atom is 0.0600 e. The third-order valence-corrected chi connectivity index (χ3v) is 3.77. The predicted molar refractivity (Wildman–Crippen MR) is 59.1 cm³/mol. The molecule has 0 aliphatic carbocycles. The molecule has 0 bridgehead atoms. The van der Waals surface area contributed by atoms with Crippen LogP contribution >= 0.6 is 11.8 Å². The topological polar surface area (TPSA) is 35.2 Å². The highest BCUT2D eigenvalue weighted by atomic mass is 32.2. The van der Waals surface area contributed by atoms with Gasteiger partial charge >= 0.3 is 0 Å². The average Bonchev–Trinajstić information content (AvgIpc) is 2.08. The average molecular weight is 203 g/mol. The molecular weight excluding hydrogens is 182 g/mol. The lowest BCUT2D eigenvalue weighted by molar-refractivity contribution is 0.0916. The van der Waals surface area contributed by atoms with Crippen LogP contribution in [0, 0.1) is 5.92 Å². The van der Waals surface area contributed by atoms with E-state index in [1.807, 2.05) is 11.8 Å². The fraction of sp³-hybridized carbons (Fsp3) is 1.00. The maximum absolute atomic E-state index is 6.00. The van der Waals surface area contributed by atoms with E-state index >= 15 is 0 Å². The Balaban J connectivity index is 2.11. The van der Waals surface area contributed by atoms with Gasteiger partial charge in [-0.2, -0.15) is 11.8 Å². The van der Waals surface area contributed by atoms with Crippen LogP contribution in [-0.2, 0) is 4.74 Å². The van der Waals surface area contributed by atoms with E-state index in [-0.39, 0.29) is 0 Å².